The van der Waals surface area contributed by atoms with Crippen LogP contribution in [-0.2, 0) is 20.6 Å². The Labute approximate surface area is 165 Å². The lowest BCUT2D eigenvalue weighted by Gasteiger charge is -2.09. The highest BCUT2D eigenvalue weighted by Gasteiger charge is 1.98. The summed E-state index contributed by atoms with van der Waals surface area (Å²) >= 11 is 0. The number of aliphatic hydroxyl groups is 1. The van der Waals surface area contributed by atoms with Crippen molar-refractivity contribution in [3.8, 4) is 5.75 Å². The molecule has 1 aromatic rings. The van der Waals surface area contributed by atoms with E-state index in [0.717, 1.165) is 12.2 Å². The van der Waals surface area contributed by atoms with E-state index in [4.69, 9.17) is 24.1 Å². The van der Waals surface area contributed by atoms with Gasteiger partial charge in [0.1, 0.15) is 12.4 Å². The van der Waals surface area contributed by atoms with E-state index in [-0.39, 0.29) is 6.61 Å². The maximum Gasteiger partial charge on any atom is 0.119 e. The van der Waals surface area contributed by atoms with Crippen molar-refractivity contribution in [3.63, 3.8) is 0 Å². The fraction of sp³-hybridized carbons (Fsp3) is 0.727. The minimum absolute atomic E-state index is 0.0466. The molecule has 0 heterocycles. The first-order valence-corrected chi connectivity index (χ1v) is 10.4. The van der Waals surface area contributed by atoms with E-state index in [1.165, 1.54) is 44.1 Å². The molecule has 0 fully saturated rings. The van der Waals surface area contributed by atoms with Gasteiger partial charge in [0.25, 0.3) is 0 Å². The summed E-state index contributed by atoms with van der Waals surface area (Å²) in [4.78, 5) is 0. The molecule has 0 aromatic heterocycles. The standard InChI is InChI=1S/C22H38O5/c1-2-3-4-5-6-7-8-21-9-11-22(12-10-21)27-20-19-26-18-17-25-16-15-24-14-13-23/h9-12,23H,2-8,13-20H2,1H3. The van der Waals surface area contributed by atoms with E-state index in [2.05, 4.69) is 19.1 Å². The Hall–Kier alpha value is -1.14. The van der Waals surface area contributed by atoms with Gasteiger partial charge in [0.2, 0.25) is 0 Å². The zero-order valence-electron chi connectivity index (χ0n) is 17.0. The van der Waals surface area contributed by atoms with E-state index in [0.29, 0.717) is 46.2 Å². The molecule has 0 unspecified atom stereocenters. The molecule has 1 N–H and O–H groups in total. The van der Waals surface area contributed by atoms with Crippen LogP contribution in [0.3, 0.4) is 0 Å². The summed E-state index contributed by atoms with van der Waals surface area (Å²) in [6, 6.07) is 8.41. The van der Waals surface area contributed by atoms with Crippen LogP contribution in [-0.4, -0.2) is 58.0 Å². The topological polar surface area (TPSA) is 57.2 Å². The van der Waals surface area contributed by atoms with Crippen LogP contribution in [0.1, 0.15) is 51.0 Å². The second-order valence-corrected chi connectivity index (χ2v) is 6.57. The van der Waals surface area contributed by atoms with Crippen molar-refractivity contribution in [2.75, 3.05) is 52.9 Å². The number of aliphatic hydroxyl groups excluding tert-OH is 1. The van der Waals surface area contributed by atoms with Gasteiger partial charge < -0.3 is 24.1 Å². The van der Waals surface area contributed by atoms with Crippen LogP contribution in [0.2, 0.25) is 0 Å². The summed E-state index contributed by atoms with van der Waals surface area (Å²) in [6.07, 6.45) is 9.15. The Balaban J connectivity index is 1.94. The minimum atomic E-state index is 0.0466. The molecule has 0 aliphatic heterocycles. The van der Waals surface area contributed by atoms with Crippen LogP contribution < -0.4 is 4.74 Å². The van der Waals surface area contributed by atoms with Crippen molar-refractivity contribution < 1.29 is 24.1 Å². The molecular weight excluding hydrogens is 344 g/mol. The summed E-state index contributed by atoms with van der Waals surface area (Å²) in [6.45, 7) is 5.84. The van der Waals surface area contributed by atoms with Crippen molar-refractivity contribution >= 4 is 0 Å². The fourth-order valence-electron chi connectivity index (χ4n) is 2.69. The van der Waals surface area contributed by atoms with Gasteiger partial charge in [0.15, 0.2) is 0 Å². The van der Waals surface area contributed by atoms with Gasteiger partial charge in [0.05, 0.1) is 46.2 Å². The van der Waals surface area contributed by atoms with Crippen LogP contribution in [0.5, 0.6) is 5.75 Å². The summed E-state index contributed by atoms with van der Waals surface area (Å²) in [5.74, 6) is 0.891. The van der Waals surface area contributed by atoms with Gasteiger partial charge in [-0.2, -0.15) is 0 Å². The fourth-order valence-corrected chi connectivity index (χ4v) is 2.69. The number of ether oxygens (including phenoxy) is 4. The molecule has 5 heteroatoms. The average Bonchev–Trinajstić information content (AvgIpc) is 2.70. The first kappa shape index (κ1) is 23.9. The Morgan fingerprint density at radius 1 is 0.667 bits per heavy atom. The van der Waals surface area contributed by atoms with Gasteiger partial charge in [-0.25, -0.2) is 0 Å². The van der Waals surface area contributed by atoms with E-state index in [9.17, 15) is 0 Å². The summed E-state index contributed by atoms with van der Waals surface area (Å²) in [7, 11) is 0. The van der Waals surface area contributed by atoms with E-state index < -0.39 is 0 Å². The molecule has 0 aliphatic carbocycles. The lowest BCUT2D eigenvalue weighted by Crippen LogP contribution is -2.13. The van der Waals surface area contributed by atoms with Crippen LogP contribution >= 0.6 is 0 Å². The summed E-state index contributed by atoms with van der Waals surface area (Å²) < 4.78 is 21.6. The van der Waals surface area contributed by atoms with Crippen molar-refractivity contribution in [3.05, 3.63) is 29.8 Å². The van der Waals surface area contributed by atoms with Gasteiger partial charge in [0, 0.05) is 0 Å². The lowest BCUT2D eigenvalue weighted by atomic mass is 10.0. The van der Waals surface area contributed by atoms with Gasteiger partial charge in [-0.15, -0.1) is 0 Å². The molecule has 156 valence electrons. The van der Waals surface area contributed by atoms with E-state index >= 15 is 0 Å². The molecule has 1 aromatic carbocycles. The summed E-state index contributed by atoms with van der Waals surface area (Å²) in [5, 5.41) is 8.56. The Morgan fingerprint density at radius 2 is 1.22 bits per heavy atom. The maximum atomic E-state index is 8.56. The van der Waals surface area contributed by atoms with Gasteiger partial charge in [-0.1, -0.05) is 51.2 Å². The average molecular weight is 383 g/mol. The SMILES string of the molecule is CCCCCCCCc1ccc(OCCOCCOCCOCCO)cc1. The number of hydrogen-bond acceptors (Lipinski definition) is 5. The molecular formula is C22H38O5. The molecule has 0 radical (unpaired) electrons. The molecule has 0 amide bonds. The molecule has 0 aliphatic rings. The van der Waals surface area contributed by atoms with Crippen molar-refractivity contribution in [1.29, 1.82) is 0 Å². The molecule has 0 saturated heterocycles. The number of unbranched alkanes of at least 4 members (excludes halogenated alkanes) is 5. The third-order valence-electron chi connectivity index (χ3n) is 4.22. The predicted molar refractivity (Wildman–Crippen MR) is 109 cm³/mol. The second-order valence-electron chi connectivity index (χ2n) is 6.57. The molecule has 27 heavy (non-hydrogen) atoms. The number of rotatable bonds is 19. The normalized spacial score (nSPS) is 11.0. The number of hydrogen-bond donors (Lipinski definition) is 1. The highest BCUT2D eigenvalue weighted by molar-refractivity contribution is 5.27. The Kier molecular flexibility index (Phi) is 16.1. The largest absolute Gasteiger partial charge is 0.491 e. The molecule has 0 atom stereocenters. The van der Waals surface area contributed by atoms with Gasteiger partial charge in [-0.05, 0) is 30.5 Å². The van der Waals surface area contributed by atoms with Crippen LogP contribution in [0.25, 0.3) is 0 Å². The smallest absolute Gasteiger partial charge is 0.119 e. The highest BCUT2D eigenvalue weighted by atomic mass is 16.6. The Morgan fingerprint density at radius 3 is 1.85 bits per heavy atom. The van der Waals surface area contributed by atoms with E-state index in [1.54, 1.807) is 0 Å². The van der Waals surface area contributed by atoms with Crippen LogP contribution in [0.4, 0.5) is 0 Å². The van der Waals surface area contributed by atoms with Crippen LogP contribution in [0.15, 0.2) is 24.3 Å². The third-order valence-corrected chi connectivity index (χ3v) is 4.22. The van der Waals surface area contributed by atoms with Crippen molar-refractivity contribution in [1.82, 2.24) is 0 Å². The van der Waals surface area contributed by atoms with Crippen molar-refractivity contribution in [2.45, 2.75) is 51.9 Å². The first-order chi connectivity index (χ1) is 13.4. The Bertz CT molecular complexity index is 421. The quantitative estimate of drug-likeness (QED) is 0.366. The lowest BCUT2D eigenvalue weighted by molar-refractivity contribution is 0.00361. The number of benzene rings is 1. The molecule has 5 nitrogen and oxygen atoms in total. The monoisotopic (exact) mass is 382 g/mol. The minimum Gasteiger partial charge on any atom is -0.491 e. The van der Waals surface area contributed by atoms with E-state index in [1.807, 2.05) is 12.1 Å². The summed E-state index contributed by atoms with van der Waals surface area (Å²) in [5.41, 5.74) is 1.38. The maximum absolute atomic E-state index is 8.56. The zero-order chi connectivity index (χ0) is 19.4. The molecule has 0 saturated carbocycles. The van der Waals surface area contributed by atoms with Gasteiger partial charge >= 0.3 is 0 Å². The van der Waals surface area contributed by atoms with Gasteiger partial charge in [-0.3, -0.25) is 0 Å². The van der Waals surface area contributed by atoms with Crippen molar-refractivity contribution in [2.24, 2.45) is 0 Å². The molecule has 1 rings (SSSR count). The predicted octanol–water partition coefficient (Wildman–Crippen LogP) is 4.01. The second kappa shape index (κ2) is 18.2. The molecule has 0 bridgehead atoms. The first-order valence-electron chi connectivity index (χ1n) is 10.4. The molecule has 0 spiro atoms. The third kappa shape index (κ3) is 14.6. The number of aryl methyl sites for hydroxylation is 1. The highest BCUT2D eigenvalue weighted by Crippen LogP contribution is 2.15. The zero-order valence-corrected chi connectivity index (χ0v) is 17.0. The van der Waals surface area contributed by atoms with Crippen LogP contribution in [0, 0.1) is 0 Å².